The van der Waals surface area contributed by atoms with E-state index in [4.69, 9.17) is 10.3 Å². The Balaban J connectivity index is 1.66. The number of fused-ring (bicyclic) bond motifs is 1. The molecule has 6 heteroatoms. The Morgan fingerprint density at radius 1 is 1.35 bits per heavy atom. The molecule has 5 nitrogen and oxygen atoms in total. The van der Waals surface area contributed by atoms with Crippen molar-refractivity contribution in [3.63, 3.8) is 0 Å². The molecule has 4 rings (SSSR count). The van der Waals surface area contributed by atoms with Gasteiger partial charge in [-0.05, 0) is 36.8 Å². The van der Waals surface area contributed by atoms with Gasteiger partial charge < -0.3 is 10.3 Å². The molecule has 1 aliphatic carbocycles. The van der Waals surface area contributed by atoms with Crippen LogP contribution in [0.25, 0.3) is 21.6 Å². The van der Waals surface area contributed by atoms with Crippen LogP contribution in [-0.4, -0.2) is 21.2 Å². The molecular weight excluding hydrogens is 272 g/mol. The van der Waals surface area contributed by atoms with Crippen LogP contribution in [0.4, 0.5) is 0 Å². The molecule has 3 aromatic heterocycles. The molecule has 102 valence electrons. The summed E-state index contributed by atoms with van der Waals surface area (Å²) in [5, 5.41) is 6.12. The minimum Gasteiger partial charge on any atom is -0.339 e. The summed E-state index contributed by atoms with van der Waals surface area (Å²) in [5.74, 6) is 1.63. The molecule has 1 aliphatic rings. The third kappa shape index (κ3) is 2.01. The van der Waals surface area contributed by atoms with Crippen LogP contribution >= 0.6 is 11.3 Å². The molecule has 0 bridgehead atoms. The third-order valence-corrected chi connectivity index (χ3v) is 4.68. The van der Waals surface area contributed by atoms with Crippen molar-refractivity contribution in [1.82, 2.24) is 15.1 Å². The molecule has 2 N–H and O–H groups in total. The Bertz CT molecular complexity index is 750. The minimum absolute atomic E-state index is 0.263. The fraction of sp³-hybridized carbons (Fsp3) is 0.357. The molecule has 3 heterocycles. The molecule has 0 spiro atoms. The van der Waals surface area contributed by atoms with Crippen LogP contribution in [0.1, 0.15) is 31.1 Å². The Kier molecular flexibility index (Phi) is 2.78. The standard InChI is InChI=1S/C14H14N4OS/c15-10-2-1-8(5-10)14-17-13(18-19-14)9-6-12-11(16-7-9)3-4-20-12/h3-4,6-8,10H,1-2,5,15H2. The first kappa shape index (κ1) is 12.0. The maximum atomic E-state index is 5.93. The summed E-state index contributed by atoms with van der Waals surface area (Å²) in [5.41, 5.74) is 7.84. The van der Waals surface area contributed by atoms with Crippen molar-refractivity contribution >= 4 is 21.6 Å². The average Bonchev–Trinajstić information content (AvgIpc) is 3.17. The zero-order chi connectivity index (χ0) is 13.5. The molecular formula is C14H14N4OS. The number of nitrogens with two attached hydrogens (primary N) is 1. The van der Waals surface area contributed by atoms with Gasteiger partial charge in [0.15, 0.2) is 0 Å². The highest BCUT2D eigenvalue weighted by atomic mass is 32.1. The van der Waals surface area contributed by atoms with Gasteiger partial charge in [0.2, 0.25) is 11.7 Å². The summed E-state index contributed by atoms with van der Waals surface area (Å²) >= 11 is 1.66. The van der Waals surface area contributed by atoms with E-state index < -0.39 is 0 Å². The largest absolute Gasteiger partial charge is 0.339 e. The molecule has 1 fully saturated rings. The van der Waals surface area contributed by atoms with Crippen LogP contribution in [0, 0.1) is 0 Å². The van der Waals surface area contributed by atoms with E-state index in [9.17, 15) is 0 Å². The van der Waals surface area contributed by atoms with E-state index in [-0.39, 0.29) is 6.04 Å². The molecule has 0 aromatic carbocycles. The van der Waals surface area contributed by atoms with Gasteiger partial charge in [-0.1, -0.05) is 5.16 Å². The fourth-order valence-electron chi connectivity index (χ4n) is 2.73. The van der Waals surface area contributed by atoms with Gasteiger partial charge in [-0.2, -0.15) is 4.98 Å². The summed E-state index contributed by atoms with van der Waals surface area (Å²) in [6.45, 7) is 0. The SMILES string of the molecule is NC1CCC(c2nc(-c3cnc4ccsc4c3)no2)C1. The zero-order valence-electron chi connectivity index (χ0n) is 10.8. The van der Waals surface area contributed by atoms with E-state index in [1.54, 1.807) is 17.5 Å². The monoisotopic (exact) mass is 286 g/mol. The lowest BCUT2D eigenvalue weighted by molar-refractivity contribution is 0.353. The lowest BCUT2D eigenvalue weighted by Crippen LogP contribution is -2.14. The van der Waals surface area contributed by atoms with Crippen molar-refractivity contribution in [3.05, 3.63) is 29.6 Å². The van der Waals surface area contributed by atoms with E-state index in [2.05, 4.69) is 21.2 Å². The van der Waals surface area contributed by atoms with Crippen molar-refractivity contribution < 1.29 is 4.52 Å². The lowest BCUT2D eigenvalue weighted by Gasteiger charge is -2.01. The third-order valence-electron chi connectivity index (χ3n) is 3.83. The van der Waals surface area contributed by atoms with Crippen molar-refractivity contribution in [2.75, 3.05) is 0 Å². The normalized spacial score (nSPS) is 22.6. The van der Waals surface area contributed by atoms with E-state index >= 15 is 0 Å². The van der Waals surface area contributed by atoms with Crippen LogP contribution in [0.3, 0.4) is 0 Å². The first-order valence-electron chi connectivity index (χ1n) is 6.72. The highest BCUT2D eigenvalue weighted by Gasteiger charge is 2.28. The van der Waals surface area contributed by atoms with Crippen molar-refractivity contribution in [2.45, 2.75) is 31.2 Å². The van der Waals surface area contributed by atoms with Gasteiger partial charge in [0.1, 0.15) is 0 Å². The predicted molar refractivity (Wildman–Crippen MR) is 77.5 cm³/mol. The van der Waals surface area contributed by atoms with Gasteiger partial charge in [-0.3, -0.25) is 4.98 Å². The molecule has 20 heavy (non-hydrogen) atoms. The topological polar surface area (TPSA) is 77.8 Å². The molecule has 0 saturated heterocycles. The number of nitrogens with zero attached hydrogens (tertiary/aromatic N) is 3. The van der Waals surface area contributed by atoms with E-state index in [0.29, 0.717) is 17.6 Å². The summed E-state index contributed by atoms with van der Waals surface area (Å²) in [4.78, 5) is 8.92. The van der Waals surface area contributed by atoms with E-state index in [1.807, 2.05) is 11.4 Å². The number of thiophene rings is 1. The maximum Gasteiger partial charge on any atom is 0.230 e. The number of aromatic nitrogens is 3. The summed E-state index contributed by atoms with van der Waals surface area (Å²) in [6, 6.07) is 4.33. The van der Waals surface area contributed by atoms with Crippen LogP contribution in [-0.2, 0) is 0 Å². The van der Waals surface area contributed by atoms with Crippen molar-refractivity contribution in [2.24, 2.45) is 5.73 Å². The second kappa shape index (κ2) is 4.64. The highest BCUT2D eigenvalue weighted by Crippen LogP contribution is 2.33. The number of rotatable bonds is 2. The quantitative estimate of drug-likeness (QED) is 0.783. The molecule has 1 saturated carbocycles. The number of hydrogen-bond acceptors (Lipinski definition) is 6. The zero-order valence-corrected chi connectivity index (χ0v) is 11.6. The summed E-state index contributed by atoms with van der Waals surface area (Å²) < 4.78 is 6.54. The Morgan fingerprint density at radius 3 is 3.15 bits per heavy atom. The summed E-state index contributed by atoms with van der Waals surface area (Å²) in [7, 11) is 0. The van der Waals surface area contributed by atoms with Crippen LogP contribution in [0.2, 0.25) is 0 Å². The van der Waals surface area contributed by atoms with Gasteiger partial charge >= 0.3 is 0 Å². The first-order chi connectivity index (χ1) is 9.79. The van der Waals surface area contributed by atoms with E-state index in [0.717, 1.165) is 35.0 Å². The Hall–Kier alpha value is -1.79. The van der Waals surface area contributed by atoms with Crippen LogP contribution in [0.15, 0.2) is 28.2 Å². The second-order valence-electron chi connectivity index (χ2n) is 5.25. The first-order valence-corrected chi connectivity index (χ1v) is 7.60. The second-order valence-corrected chi connectivity index (χ2v) is 6.20. The maximum absolute atomic E-state index is 5.93. The molecule has 0 radical (unpaired) electrons. The van der Waals surface area contributed by atoms with Gasteiger partial charge in [0.25, 0.3) is 0 Å². The minimum atomic E-state index is 0.263. The van der Waals surface area contributed by atoms with E-state index in [1.165, 1.54) is 0 Å². The van der Waals surface area contributed by atoms with Crippen LogP contribution in [0.5, 0.6) is 0 Å². The molecule has 2 unspecified atom stereocenters. The summed E-state index contributed by atoms with van der Waals surface area (Å²) in [6.07, 6.45) is 4.80. The molecule has 2 atom stereocenters. The Labute approximate surface area is 119 Å². The molecule has 3 aromatic rings. The highest BCUT2D eigenvalue weighted by molar-refractivity contribution is 7.17. The van der Waals surface area contributed by atoms with Gasteiger partial charge in [-0.15, -0.1) is 11.3 Å². The predicted octanol–water partition coefficient (Wildman–Crippen LogP) is 2.94. The molecule has 0 amide bonds. The fourth-order valence-corrected chi connectivity index (χ4v) is 3.51. The number of hydrogen-bond donors (Lipinski definition) is 1. The number of pyridine rings is 1. The van der Waals surface area contributed by atoms with Gasteiger partial charge in [0, 0.05) is 23.7 Å². The van der Waals surface area contributed by atoms with Crippen molar-refractivity contribution in [1.29, 1.82) is 0 Å². The van der Waals surface area contributed by atoms with Crippen LogP contribution < -0.4 is 5.73 Å². The van der Waals surface area contributed by atoms with Gasteiger partial charge in [0.05, 0.1) is 10.2 Å². The van der Waals surface area contributed by atoms with Crippen molar-refractivity contribution in [3.8, 4) is 11.4 Å². The Morgan fingerprint density at radius 2 is 2.30 bits per heavy atom. The van der Waals surface area contributed by atoms with Gasteiger partial charge in [-0.25, -0.2) is 0 Å². The lowest BCUT2D eigenvalue weighted by atomic mass is 10.1. The average molecular weight is 286 g/mol. The smallest absolute Gasteiger partial charge is 0.230 e. The molecule has 0 aliphatic heterocycles.